The van der Waals surface area contributed by atoms with Crippen LogP contribution in [0.4, 0.5) is 5.82 Å². The molecule has 11 nitrogen and oxygen atoms in total. The maximum atomic E-state index is 10.9. The highest BCUT2D eigenvalue weighted by atomic mass is 16.8. The Balaban J connectivity index is 1.32. The fourth-order valence-corrected chi connectivity index (χ4v) is 5.42. The molecule has 3 fully saturated rings. The molecule has 180 valence electrons. The third-order valence-electron chi connectivity index (χ3n) is 7.10. The highest BCUT2D eigenvalue weighted by molar-refractivity contribution is 5.81. The number of nitrogen functional groups attached to an aromatic ring is 1. The molecule has 0 spiro atoms. The minimum atomic E-state index is -0.720. The average Bonchev–Trinajstić information content (AvgIpc) is 3.37. The molecule has 2 aromatic heterocycles. The SMILES string of the molecule is CCN(C[C@H]1O[C@@H](n2cnc3c(N)ncnc32)[C@@H]2OC(C)(C)O[C@@H]21)C1CC(CCC(=O)O)C1. The van der Waals surface area contributed by atoms with E-state index < -0.39 is 18.0 Å². The monoisotopic (exact) mass is 460 g/mol. The van der Waals surface area contributed by atoms with Crippen LogP contribution < -0.4 is 5.73 Å². The lowest BCUT2D eigenvalue weighted by atomic mass is 9.76. The minimum Gasteiger partial charge on any atom is -0.481 e. The molecule has 33 heavy (non-hydrogen) atoms. The van der Waals surface area contributed by atoms with E-state index in [1.54, 1.807) is 6.33 Å². The molecule has 0 amide bonds. The Bertz CT molecular complexity index is 1020. The van der Waals surface area contributed by atoms with Crippen LogP contribution in [-0.2, 0) is 19.0 Å². The van der Waals surface area contributed by atoms with Crippen LogP contribution >= 0.6 is 0 Å². The van der Waals surface area contributed by atoms with Gasteiger partial charge in [-0.05, 0) is 45.6 Å². The van der Waals surface area contributed by atoms with Crippen molar-refractivity contribution in [2.24, 2.45) is 5.92 Å². The summed E-state index contributed by atoms with van der Waals surface area (Å²) in [7, 11) is 0. The molecule has 0 unspecified atom stereocenters. The maximum absolute atomic E-state index is 10.9. The number of fused-ring (bicyclic) bond motifs is 2. The molecule has 4 heterocycles. The summed E-state index contributed by atoms with van der Waals surface area (Å²) in [6.07, 6.45) is 4.99. The van der Waals surface area contributed by atoms with Gasteiger partial charge in [0.15, 0.2) is 23.5 Å². The number of nitrogens with zero attached hydrogens (tertiary/aromatic N) is 5. The lowest BCUT2D eigenvalue weighted by molar-refractivity contribution is -0.199. The summed E-state index contributed by atoms with van der Waals surface area (Å²) in [6, 6.07) is 0.437. The van der Waals surface area contributed by atoms with Crippen LogP contribution in [0.25, 0.3) is 11.2 Å². The van der Waals surface area contributed by atoms with Crippen LogP contribution in [0.5, 0.6) is 0 Å². The van der Waals surface area contributed by atoms with Gasteiger partial charge in [0.25, 0.3) is 0 Å². The molecule has 3 aliphatic rings. The van der Waals surface area contributed by atoms with Gasteiger partial charge in [-0.25, -0.2) is 15.0 Å². The van der Waals surface area contributed by atoms with Crippen LogP contribution in [0, 0.1) is 5.92 Å². The number of anilines is 1. The van der Waals surface area contributed by atoms with E-state index in [-0.39, 0.29) is 24.7 Å². The zero-order valence-electron chi connectivity index (χ0n) is 19.3. The number of imidazole rings is 1. The number of carboxylic acids is 1. The Hall–Kier alpha value is -2.34. The highest BCUT2D eigenvalue weighted by Gasteiger charge is 2.56. The first-order chi connectivity index (χ1) is 15.8. The number of nitrogens with two attached hydrogens (primary N) is 1. The lowest BCUT2D eigenvalue weighted by Crippen LogP contribution is -2.49. The van der Waals surface area contributed by atoms with Crippen molar-refractivity contribution in [3.8, 4) is 0 Å². The van der Waals surface area contributed by atoms with E-state index in [0.29, 0.717) is 35.5 Å². The highest BCUT2D eigenvalue weighted by Crippen LogP contribution is 2.45. The summed E-state index contributed by atoms with van der Waals surface area (Å²) >= 11 is 0. The van der Waals surface area contributed by atoms with Crippen molar-refractivity contribution < 1.29 is 24.1 Å². The fourth-order valence-electron chi connectivity index (χ4n) is 5.42. The van der Waals surface area contributed by atoms with E-state index in [2.05, 4.69) is 26.8 Å². The third-order valence-corrected chi connectivity index (χ3v) is 7.10. The van der Waals surface area contributed by atoms with Crippen molar-refractivity contribution in [2.45, 2.75) is 82.8 Å². The number of rotatable bonds is 8. The van der Waals surface area contributed by atoms with Gasteiger partial charge in [0.05, 0.1) is 6.33 Å². The summed E-state index contributed by atoms with van der Waals surface area (Å²) < 4.78 is 20.9. The first-order valence-electron chi connectivity index (χ1n) is 11.7. The molecule has 2 aromatic rings. The number of likely N-dealkylation sites (N-methyl/N-ethyl adjacent to an activating group) is 1. The smallest absolute Gasteiger partial charge is 0.303 e. The number of ether oxygens (including phenoxy) is 3. The second-order valence-electron chi connectivity index (χ2n) is 9.72. The van der Waals surface area contributed by atoms with Gasteiger partial charge in [-0.15, -0.1) is 0 Å². The summed E-state index contributed by atoms with van der Waals surface area (Å²) in [5.74, 6) is -0.622. The number of carbonyl (C=O) groups is 1. The van der Waals surface area contributed by atoms with Crippen LogP contribution in [0.2, 0.25) is 0 Å². The van der Waals surface area contributed by atoms with E-state index in [4.69, 9.17) is 25.1 Å². The van der Waals surface area contributed by atoms with Gasteiger partial charge in [0.2, 0.25) is 0 Å². The molecule has 11 heteroatoms. The molecule has 2 saturated heterocycles. The Morgan fingerprint density at radius 2 is 2.03 bits per heavy atom. The number of carboxylic acid groups (broad SMARTS) is 1. The molecule has 1 saturated carbocycles. The van der Waals surface area contributed by atoms with Gasteiger partial charge in [0.1, 0.15) is 30.2 Å². The summed E-state index contributed by atoms with van der Waals surface area (Å²) in [4.78, 5) is 26.1. The largest absolute Gasteiger partial charge is 0.481 e. The quantitative estimate of drug-likeness (QED) is 0.599. The van der Waals surface area contributed by atoms with E-state index in [1.165, 1.54) is 6.33 Å². The van der Waals surface area contributed by atoms with Crippen LogP contribution in [0.15, 0.2) is 12.7 Å². The Kier molecular flexibility index (Phi) is 5.76. The minimum absolute atomic E-state index is 0.184. The molecule has 0 bridgehead atoms. The van der Waals surface area contributed by atoms with Crippen LogP contribution in [-0.4, -0.2) is 78.7 Å². The second-order valence-corrected chi connectivity index (χ2v) is 9.72. The lowest BCUT2D eigenvalue weighted by Gasteiger charge is -2.43. The third kappa shape index (κ3) is 4.18. The predicted molar refractivity (Wildman–Crippen MR) is 118 cm³/mol. The van der Waals surface area contributed by atoms with Crippen molar-refractivity contribution in [3.05, 3.63) is 12.7 Å². The summed E-state index contributed by atoms with van der Waals surface area (Å²) in [5.41, 5.74) is 7.11. The zero-order valence-corrected chi connectivity index (χ0v) is 19.3. The van der Waals surface area contributed by atoms with Gasteiger partial charge in [-0.1, -0.05) is 6.92 Å². The molecule has 0 aromatic carbocycles. The van der Waals surface area contributed by atoms with Crippen molar-refractivity contribution in [3.63, 3.8) is 0 Å². The van der Waals surface area contributed by atoms with E-state index >= 15 is 0 Å². The van der Waals surface area contributed by atoms with Gasteiger partial charge < -0.3 is 25.1 Å². The fraction of sp³-hybridized carbons (Fsp3) is 0.727. The van der Waals surface area contributed by atoms with Crippen molar-refractivity contribution in [2.75, 3.05) is 18.8 Å². The first kappa shape index (κ1) is 22.5. The molecular weight excluding hydrogens is 428 g/mol. The molecule has 0 radical (unpaired) electrons. The Morgan fingerprint density at radius 1 is 1.27 bits per heavy atom. The second kappa shape index (κ2) is 8.46. The average molecular weight is 461 g/mol. The maximum Gasteiger partial charge on any atom is 0.303 e. The summed E-state index contributed by atoms with van der Waals surface area (Å²) in [5, 5.41) is 8.93. The van der Waals surface area contributed by atoms with Crippen molar-refractivity contribution >= 4 is 23.0 Å². The number of aliphatic carboxylic acids is 1. The van der Waals surface area contributed by atoms with Crippen LogP contribution in [0.1, 0.15) is 52.7 Å². The standard InChI is InChI=1S/C22H32N6O5/c1-4-27(13-7-12(8-13)5-6-15(29)30)9-14-17-18(33-22(2,3)32-17)21(31-14)28-11-26-16-19(23)24-10-25-20(16)28/h10-14,17-18,21H,4-9H2,1-3H3,(H,29,30)(H2,23,24,25)/t12?,13?,14-,17-,18-,21-/m1/s1. The molecule has 5 rings (SSSR count). The van der Waals surface area contributed by atoms with Gasteiger partial charge >= 0.3 is 5.97 Å². The van der Waals surface area contributed by atoms with Crippen molar-refractivity contribution in [1.82, 2.24) is 24.4 Å². The normalized spacial score (nSPS) is 32.8. The van der Waals surface area contributed by atoms with Crippen molar-refractivity contribution in [1.29, 1.82) is 0 Å². The van der Waals surface area contributed by atoms with E-state index in [0.717, 1.165) is 25.8 Å². The topological polar surface area (TPSA) is 138 Å². The van der Waals surface area contributed by atoms with Gasteiger partial charge in [-0.3, -0.25) is 14.3 Å². The Labute approximate surface area is 192 Å². The van der Waals surface area contributed by atoms with Gasteiger partial charge in [0, 0.05) is 19.0 Å². The summed E-state index contributed by atoms with van der Waals surface area (Å²) in [6.45, 7) is 7.59. The number of hydrogen-bond donors (Lipinski definition) is 2. The molecule has 3 N–H and O–H groups in total. The molecule has 1 aliphatic carbocycles. The Morgan fingerprint density at radius 3 is 2.76 bits per heavy atom. The predicted octanol–water partition coefficient (Wildman–Crippen LogP) is 1.79. The first-order valence-corrected chi connectivity index (χ1v) is 11.7. The molecule has 4 atom stereocenters. The van der Waals surface area contributed by atoms with E-state index in [9.17, 15) is 4.79 Å². The van der Waals surface area contributed by atoms with Gasteiger partial charge in [-0.2, -0.15) is 0 Å². The number of hydrogen-bond acceptors (Lipinski definition) is 9. The zero-order chi connectivity index (χ0) is 23.3. The van der Waals surface area contributed by atoms with Crippen LogP contribution in [0.3, 0.4) is 0 Å². The number of aromatic nitrogens is 4. The molecular formula is C22H32N6O5. The molecule has 2 aliphatic heterocycles. The van der Waals surface area contributed by atoms with E-state index in [1.807, 2.05) is 18.4 Å².